The SMILES string of the molecule is O=C(C=Cc1ccccc1)CS(=O)(=O)NC=Cc1ccccc1. The summed E-state index contributed by atoms with van der Waals surface area (Å²) in [5.41, 5.74) is 1.71. The molecule has 118 valence electrons. The summed E-state index contributed by atoms with van der Waals surface area (Å²) >= 11 is 0. The molecule has 1 N–H and O–H groups in total. The second-order valence-electron chi connectivity index (χ2n) is 4.83. The van der Waals surface area contributed by atoms with E-state index in [0.717, 1.165) is 11.1 Å². The molecule has 2 aromatic rings. The second kappa shape index (κ2) is 8.10. The molecule has 0 atom stereocenters. The van der Waals surface area contributed by atoms with Gasteiger partial charge in [-0.25, -0.2) is 8.42 Å². The highest BCUT2D eigenvalue weighted by atomic mass is 32.2. The quantitative estimate of drug-likeness (QED) is 0.795. The molecule has 0 unspecified atom stereocenters. The molecule has 0 fully saturated rings. The third-order valence-corrected chi connectivity index (χ3v) is 4.08. The average molecular weight is 327 g/mol. The van der Waals surface area contributed by atoms with Crippen LogP contribution in [0.5, 0.6) is 0 Å². The number of carbonyl (C=O) groups is 1. The Labute approximate surface area is 136 Å². The number of nitrogens with one attached hydrogen (secondary N) is 1. The van der Waals surface area contributed by atoms with E-state index >= 15 is 0 Å². The summed E-state index contributed by atoms with van der Waals surface area (Å²) in [6.07, 6.45) is 5.81. The highest BCUT2D eigenvalue weighted by Gasteiger charge is 2.12. The van der Waals surface area contributed by atoms with E-state index in [1.807, 2.05) is 60.7 Å². The molecule has 0 aromatic heterocycles. The van der Waals surface area contributed by atoms with E-state index in [1.54, 1.807) is 12.2 Å². The van der Waals surface area contributed by atoms with Crippen molar-refractivity contribution in [1.29, 1.82) is 0 Å². The molecule has 0 spiro atoms. The highest BCUT2D eigenvalue weighted by molar-refractivity contribution is 7.90. The Morgan fingerprint density at radius 2 is 1.39 bits per heavy atom. The normalized spacial score (nSPS) is 11.8. The van der Waals surface area contributed by atoms with Crippen molar-refractivity contribution in [1.82, 2.24) is 4.72 Å². The van der Waals surface area contributed by atoms with Crippen LogP contribution in [0.3, 0.4) is 0 Å². The van der Waals surface area contributed by atoms with Crippen molar-refractivity contribution in [3.8, 4) is 0 Å². The van der Waals surface area contributed by atoms with Crippen molar-refractivity contribution in [3.05, 3.63) is 84.1 Å². The first kappa shape index (κ1) is 16.7. The predicted molar refractivity (Wildman–Crippen MR) is 92.9 cm³/mol. The average Bonchev–Trinajstić information content (AvgIpc) is 2.54. The van der Waals surface area contributed by atoms with Crippen LogP contribution in [-0.2, 0) is 14.8 Å². The number of sulfonamides is 1. The van der Waals surface area contributed by atoms with E-state index in [9.17, 15) is 13.2 Å². The molecule has 0 aliphatic rings. The van der Waals surface area contributed by atoms with Gasteiger partial charge < -0.3 is 0 Å². The van der Waals surface area contributed by atoms with Gasteiger partial charge in [0.25, 0.3) is 0 Å². The lowest BCUT2D eigenvalue weighted by molar-refractivity contribution is -0.112. The van der Waals surface area contributed by atoms with Crippen molar-refractivity contribution >= 4 is 28.0 Å². The molecule has 0 saturated heterocycles. The first-order valence-corrected chi connectivity index (χ1v) is 8.68. The number of carbonyl (C=O) groups excluding carboxylic acids is 1. The summed E-state index contributed by atoms with van der Waals surface area (Å²) in [6, 6.07) is 18.5. The van der Waals surface area contributed by atoms with Gasteiger partial charge in [-0.1, -0.05) is 66.7 Å². The third kappa shape index (κ3) is 6.32. The molecule has 2 rings (SSSR count). The lowest BCUT2D eigenvalue weighted by atomic mass is 10.2. The summed E-state index contributed by atoms with van der Waals surface area (Å²) < 4.78 is 25.9. The molecule has 4 nitrogen and oxygen atoms in total. The molecular weight excluding hydrogens is 310 g/mol. The number of allylic oxidation sites excluding steroid dienone is 1. The molecule has 2 aromatic carbocycles. The number of rotatable bonds is 7. The summed E-state index contributed by atoms with van der Waals surface area (Å²) in [5.74, 6) is -1.07. The van der Waals surface area contributed by atoms with Crippen molar-refractivity contribution in [2.24, 2.45) is 0 Å². The summed E-state index contributed by atoms with van der Waals surface area (Å²) in [7, 11) is -3.69. The minimum absolute atomic E-state index is 0.477. The van der Waals surface area contributed by atoms with Crippen LogP contribution in [0.1, 0.15) is 11.1 Å². The van der Waals surface area contributed by atoms with Gasteiger partial charge in [0.2, 0.25) is 10.0 Å². The van der Waals surface area contributed by atoms with E-state index in [0.29, 0.717) is 0 Å². The van der Waals surface area contributed by atoms with E-state index in [-0.39, 0.29) is 0 Å². The zero-order valence-corrected chi connectivity index (χ0v) is 13.2. The van der Waals surface area contributed by atoms with Crippen LogP contribution in [0.4, 0.5) is 0 Å². The fourth-order valence-corrected chi connectivity index (χ4v) is 2.66. The highest BCUT2D eigenvalue weighted by Crippen LogP contribution is 2.02. The molecule has 5 heteroatoms. The Morgan fingerprint density at radius 3 is 1.96 bits per heavy atom. The van der Waals surface area contributed by atoms with E-state index in [4.69, 9.17) is 0 Å². The van der Waals surface area contributed by atoms with Crippen LogP contribution < -0.4 is 4.72 Å². The molecule has 0 aliphatic heterocycles. The molecule has 0 radical (unpaired) electrons. The van der Waals surface area contributed by atoms with E-state index in [1.165, 1.54) is 12.3 Å². The minimum Gasteiger partial charge on any atom is -0.294 e. The smallest absolute Gasteiger partial charge is 0.239 e. The van der Waals surface area contributed by atoms with E-state index < -0.39 is 21.6 Å². The largest absolute Gasteiger partial charge is 0.294 e. The molecule has 0 bridgehead atoms. The molecule has 0 heterocycles. The maximum Gasteiger partial charge on any atom is 0.239 e. The lowest BCUT2D eigenvalue weighted by Gasteiger charge is -2.01. The van der Waals surface area contributed by atoms with Crippen molar-refractivity contribution < 1.29 is 13.2 Å². The Morgan fingerprint density at radius 1 is 0.870 bits per heavy atom. The van der Waals surface area contributed by atoms with Gasteiger partial charge >= 0.3 is 0 Å². The number of benzene rings is 2. The number of ketones is 1. The van der Waals surface area contributed by atoms with Gasteiger partial charge in [0.15, 0.2) is 5.78 Å². The summed E-state index contributed by atoms with van der Waals surface area (Å²) in [4.78, 5) is 11.7. The standard InChI is InChI=1S/C18H17NO3S/c20-18(12-11-16-7-3-1-4-8-16)15-23(21,22)19-14-13-17-9-5-2-6-10-17/h1-14,19H,15H2. The minimum atomic E-state index is -3.69. The molecule has 0 aliphatic carbocycles. The summed E-state index contributed by atoms with van der Waals surface area (Å²) in [5, 5.41) is 0. The zero-order valence-electron chi connectivity index (χ0n) is 12.4. The van der Waals surface area contributed by atoms with Crippen molar-refractivity contribution in [3.63, 3.8) is 0 Å². The van der Waals surface area contributed by atoms with Crippen LogP contribution in [0, 0.1) is 0 Å². The van der Waals surface area contributed by atoms with Gasteiger partial charge in [-0.15, -0.1) is 0 Å². The van der Waals surface area contributed by atoms with Gasteiger partial charge in [-0.2, -0.15) is 0 Å². The van der Waals surface area contributed by atoms with Crippen LogP contribution in [0.2, 0.25) is 0 Å². The number of hydrogen-bond acceptors (Lipinski definition) is 3. The van der Waals surface area contributed by atoms with Crippen molar-refractivity contribution in [2.45, 2.75) is 0 Å². The maximum absolute atomic E-state index is 11.8. The van der Waals surface area contributed by atoms with Gasteiger partial charge in [0.05, 0.1) is 0 Å². The number of hydrogen-bond donors (Lipinski definition) is 1. The third-order valence-electron chi connectivity index (χ3n) is 2.92. The maximum atomic E-state index is 11.8. The lowest BCUT2D eigenvalue weighted by Crippen LogP contribution is -2.25. The van der Waals surface area contributed by atoms with Gasteiger partial charge in [-0.3, -0.25) is 9.52 Å². The summed E-state index contributed by atoms with van der Waals surface area (Å²) in [6.45, 7) is 0. The molecular formula is C18H17NO3S. The Bertz CT molecular complexity index is 795. The topological polar surface area (TPSA) is 63.2 Å². The first-order chi connectivity index (χ1) is 11.1. The van der Waals surface area contributed by atoms with E-state index in [2.05, 4.69) is 4.72 Å². The molecule has 0 saturated carbocycles. The first-order valence-electron chi connectivity index (χ1n) is 7.03. The Balaban J connectivity index is 1.89. The Kier molecular flexibility index (Phi) is 5.88. The van der Waals surface area contributed by atoms with Crippen LogP contribution in [0.25, 0.3) is 12.2 Å². The Hall–Kier alpha value is -2.66. The zero-order chi connectivity index (χ0) is 16.5. The molecule has 0 amide bonds. The fraction of sp³-hybridized carbons (Fsp3) is 0.0556. The monoisotopic (exact) mass is 327 g/mol. The molecule has 23 heavy (non-hydrogen) atoms. The van der Waals surface area contributed by atoms with Crippen molar-refractivity contribution in [2.75, 3.05) is 5.75 Å². The van der Waals surface area contributed by atoms with Gasteiger partial charge in [-0.05, 0) is 23.3 Å². The fourth-order valence-electron chi connectivity index (χ4n) is 1.83. The van der Waals surface area contributed by atoms with Crippen LogP contribution in [-0.4, -0.2) is 20.0 Å². The van der Waals surface area contributed by atoms with Crippen LogP contribution >= 0.6 is 0 Å². The van der Waals surface area contributed by atoms with Gasteiger partial charge in [0, 0.05) is 6.20 Å². The predicted octanol–water partition coefficient (Wildman–Crippen LogP) is 2.86. The second-order valence-corrected chi connectivity index (χ2v) is 6.59. The van der Waals surface area contributed by atoms with Crippen LogP contribution in [0.15, 0.2) is 72.9 Å². The van der Waals surface area contributed by atoms with Gasteiger partial charge in [0.1, 0.15) is 5.75 Å².